The zero-order chi connectivity index (χ0) is 12.7. The Hall–Kier alpha value is -1.13. The lowest BCUT2D eigenvalue weighted by Gasteiger charge is -2.05. The number of amides is 1. The summed E-state index contributed by atoms with van der Waals surface area (Å²) < 4.78 is 12.9. The summed E-state index contributed by atoms with van der Waals surface area (Å²) >= 11 is 5.66. The second-order valence-corrected chi connectivity index (χ2v) is 4.26. The van der Waals surface area contributed by atoms with Crippen molar-refractivity contribution >= 4 is 17.5 Å². The van der Waals surface area contributed by atoms with Gasteiger partial charge in [0.25, 0.3) is 0 Å². The van der Waals surface area contributed by atoms with Gasteiger partial charge >= 0.3 is 0 Å². The Morgan fingerprint density at radius 3 is 2.82 bits per heavy atom. The highest BCUT2D eigenvalue weighted by atomic mass is 35.5. The molecule has 0 aromatic heterocycles. The van der Waals surface area contributed by atoms with Gasteiger partial charge in [-0.25, -0.2) is 4.39 Å². The smallest absolute Gasteiger partial charge is 0.217 e. The number of hydrogen-bond donors (Lipinski definition) is 2. The first-order valence-corrected chi connectivity index (χ1v) is 5.90. The summed E-state index contributed by atoms with van der Waals surface area (Å²) in [6, 6.07) is 4.65. The minimum atomic E-state index is -0.406. The molecule has 3 N–H and O–H groups in total. The molecule has 17 heavy (non-hydrogen) atoms. The van der Waals surface area contributed by atoms with Crippen molar-refractivity contribution in [2.24, 2.45) is 5.73 Å². The monoisotopic (exact) mass is 258 g/mol. The number of carbonyl (C=O) groups excluding carboxylic acids is 1. The van der Waals surface area contributed by atoms with E-state index in [0.717, 1.165) is 24.9 Å². The van der Waals surface area contributed by atoms with Crippen LogP contribution in [-0.4, -0.2) is 12.5 Å². The molecule has 0 atom stereocenters. The molecule has 0 saturated heterocycles. The van der Waals surface area contributed by atoms with Gasteiger partial charge in [-0.1, -0.05) is 17.7 Å². The SMILES string of the molecule is NC(=O)CCCCNCc1ccc(F)c(Cl)c1. The zero-order valence-electron chi connectivity index (χ0n) is 9.51. The van der Waals surface area contributed by atoms with Crippen molar-refractivity contribution in [3.63, 3.8) is 0 Å². The second kappa shape index (κ2) is 7.25. The van der Waals surface area contributed by atoms with Gasteiger partial charge in [-0.05, 0) is 37.1 Å². The third kappa shape index (κ3) is 5.65. The molecule has 3 nitrogen and oxygen atoms in total. The van der Waals surface area contributed by atoms with Gasteiger partial charge in [0.05, 0.1) is 5.02 Å². The molecule has 0 aliphatic carbocycles. The van der Waals surface area contributed by atoms with Crippen molar-refractivity contribution < 1.29 is 9.18 Å². The third-order valence-electron chi connectivity index (χ3n) is 2.34. The Labute approximate surface area is 105 Å². The Kier molecular flexibility index (Phi) is 5.94. The number of unbranched alkanes of at least 4 members (excludes halogenated alkanes) is 1. The van der Waals surface area contributed by atoms with Gasteiger partial charge < -0.3 is 11.1 Å². The van der Waals surface area contributed by atoms with Gasteiger partial charge in [0.2, 0.25) is 5.91 Å². The Balaban J connectivity index is 2.18. The summed E-state index contributed by atoms with van der Waals surface area (Å²) in [5.74, 6) is -0.674. The van der Waals surface area contributed by atoms with Crippen LogP contribution in [0.3, 0.4) is 0 Å². The molecule has 94 valence electrons. The Bertz CT molecular complexity index is 385. The summed E-state index contributed by atoms with van der Waals surface area (Å²) in [7, 11) is 0. The number of nitrogens with one attached hydrogen (secondary N) is 1. The predicted octanol–water partition coefficient (Wildman–Crippen LogP) is 2.22. The van der Waals surface area contributed by atoms with Crippen molar-refractivity contribution in [2.45, 2.75) is 25.8 Å². The van der Waals surface area contributed by atoms with Gasteiger partial charge in [0, 0.05) is 13.0 Å². The van der Waals surface area contributed by atoms with Crippen LogP contribution in [-0.2, 0) is 11.3 Å². The van der Waals surface area contributed by atoms with Gasteiger partial charge in [0.1, 0.15) is 5.82 Å². The molecule has 1 aromatic carbocycles. The highest BCUT2D eigenvalue weighted by Crippen LogP contribution is 2.15. The van der Waals surface area contributed by atoms with Crippen LogP contribution in [0.2, 0.25) is 5.02 Å². The van der Waals surface area contributed by atoms with Gasteiger partial charge in [-0.3, -0.25) is 4.79 Å². The number of benzene rings is 1. The fourth-order valence-electron chi connectivity index (χ4n) is 1.43. The molecule has 0 bridgehead atoms. The molecule has 1 amide bonds. The van der Waals surface area contributed by atoms with E-state index in [4.69, 9.17) is 17.3 Å². The molecule has 0 saturated carbocycles. The number of carbonyl (C=O) groups is 1. The van der Waals surface area contributed by atoms with Crippen LogP contribution in [0.4, 0.5) is 4.39 Å². The zero-order valence-corrected chi connectivity index (χ0v) is 10.3. The molecular weight excluding hydrogens is 243 g/mol. The standard InChI is InChI=1S/C12H16ClFN2O/c13-10-7-9(4-5-11(10)14)8-16-6-2-1-3-12(15)17/h4-5,7,16H,1-3,6,8H2,(H2,15,17). The fraction of sp³-hybridized carbons (Fsp3) is 0.417. The summed E-state index contributed by atoms with van der Waals surface area (Å²) in [5, 5.41) is 3.33. The maximum Gasteiger partial charge on any atom is 0.217 e. The second-order valence-electron chi connectivity index (χ2n) is 3.85. The van der Waals surface area contributed by atoms with Gasteiger partial charge in [-0.2, -0.15) is 0 Å². The maximum atomic E-state index is 12.9. The molecule has 0 heterocycles. The van der Waals surface area contributed by atoms with Crippen LogP contribution in [0.1, 0.15) is 24.8 Å². The van der Waals surface area contributed by atoms with E-state index in [1.807, 2.05) is 0 Å². The lowest BCUT2D eigenvalue weighted by Crippen LogP contribution is -2.16. The quantitative estimate of drug-likeness (QED) is 0.737. The molecule has 0 aliphatic heterocycles. The van der Waals surface area contributed by atoms with E-state index in [0.29, 0.717) is 13.0 Å². The lowest BCUT2D eigenvalue weighted by molar-refractivity contribution is -0.118. The Morgan fingerprint density at radius 1 is 1.41 bits per heavy atom. The highest BCUT2D eigenvalue weighted by Gasteiger charge is 2.00. The average molecular weight is 259 g/mol. The van der Waals surface area contributed by atoms with Crippen molar-refractivity contribution in [2.75, 3.05) is 6.54 Å². The van der Waals surface area contributed by atoms with E-state index in [-0.39, 0.29) is 10.9 Å². The summed E-state index contributed by atoms with van der Waals surface area (Å²) in [5.41, 5.74) is 5.96. The molecule has 5 heteroatoms. The third-order valence-corrected chi connectivity index (χ3v) is 2.63. The minimum Gasteiger partial charge on any atom is -0.370 e. The van der Waals surface area contributed by atoms with Crippen molar-refractivity contribution in [1.29, 1.82) is 0 Å². The molecule has 0 fully saturated rings. The normalized spacial score (nSPS) is 10.5. The summed E-state index contributed by atoms with van der Waals surface area (Å²) in [6.45, 7) is 1.43. The van der Waals surface area contributed by atoms with Crippen molar-refractivity contribution in [3.8, 4) is 0 Å². The summed E-state index contributed by atoms with van der Waals surface area (Å²) in [4.78, 5) is 10.5. The predicted molar refractivity (Wildman–Crippen MR) is 66.2 cm³/mol. The van der Waals surface area contributed by atoms with Crippen LogP contribution in [0, 0.1) is 5.82 Å². The van der Waals surface area contributed by atoms with E-state index in [9.17, 15) is 9.18 Å². The highest BCUT2D eigenvalue weighted by molar-refractivity contribution is 6.30. The topological polar surface area (TPSA) is 55.1 Å². The molecule has 0 aliphatic rings. The van der Waals surface area contributed by atoms with Crippen molar-refractivity contribution in [3.05, 3.63) is 34.6 Å². The molecule has 0 unspecified atom stereocenters. The first-order valence-electron chi connectivity index (χ1n) is 5.52. The van der Waals surface area contributed by atoms with Crippen molar-refractivity contribution in [1.82, 2.24) is 5.32 Å². The number of primary amides is 1. The van der Waals surface area contributed by atoms with E-state index >= 15 is 0 Å². The molecular formula is C12H16ClFN2O. The number of nitrogens with two attached hydrogens (primary N) is 1. The van der Waals surface area contributed by atoms with Crippen LogP contribution < -0.4 is 11.1 Å². The van der Waals surface area contributed by atoms with Crippen LogP contribution in [0.25, 0.3) is 0 Å². The average Bonchev–Trinajstić information content (AvgIpc) is 2.27. The minimum absolute atomic E-state index is 0.137. The van der Waals surface area contributed by atoms with Crippen LogP contribution >= 0.6 is 11.6 Å². The molecule has 0 spiro atoms. The molecule has 0 radical (unpaired) electrons. The summed E-state index contributed by atoms with van der Waals surface area (Å²) in [6.07, 6.45) is 2.09. The van der Waals surface area contributed by atoms with Crippen LogP contribution in [0.5, 0.6) is 0 Å². The largest absolute Gasteiger partial charge is 0.370 e. The first-order chi connectivity index (χ1) is 8.09. The molecule has 1 aromatic rings. The van der Waals surface area contributed by atoms with E-state index in [1.165, 1.54) is 6.07 Å². The van der Waals surface area contributed by atoms with E-state index in [1.54, 1.807) is 12.1 Å². The van der Waals surface area contributed by atoms with Crippen LogP contribution in [0.15, 0.2) is 18.2 Å². The van der Waals surface area contributed by atoms with E-state index < -0.39 is 5.82 Å². The fourth-order valence-corrected chi connectivity index (χ4v) is 1.63. The van der Waals surface area contributed by atoms with E-state index in [2.05, 4.69) is 5.32 Å². The lowest BCUT2D eigenvalue weighted by atomic mass is 10.2. The number of halogens is 2. The number of rotatable bonds is 7. The molecule has 1 rings (SSSR count). The van der Waals surface area contributed by atoms with Gasteiger partial charge in [0.15, 0.2) is 0 Å². The maximum absolute atomic E-state index is 12.9. The first kappa shape index (κ1) is 13.9. The van der Waals surface area contributed by atoms with Gasteiger partial charge in [-0.15, -0.1) is 0 Å². The Morgan fingerprint density at radius 2 is 2.18 bits per heavy atom. The number of hydrogen-bond acceptors (Lipinski definition) is 2.